The van der Waals surface area contributed by atoms with E-state index >= 15 is 0 Å². The zero-order chi connectivity index (χ0) is 14.8. The lowest BCUT2D eigenvalue weighted by Gasteiger charge is -2.05. The molecule has 1 amide bonds. The van der Waals surface area contributed by atoms with E-state index in [4.69, 9.17) is 5.73 Å². The molecule has 2 aromatic carbocycles. The predicted octanol–water partition coefficient (Wildman–Crippen LogP) is 3.72. The number of carbonyl (C=O) groups is 1. The Morgan fingerprint density at radius 3 is 2.67 bits per heavy atom. The molecular weight excluding hydrogens is 282 g/mol. The molecule has 21 heavy (non-hydrogen) atoms. The summed E-state index contributed by atoms with van der Waals surface area (Å²) in [6.45, 7) is 0. The van der Waals surface area contributed by atoms with E-state index in [1.807, 2.05) is 42.7 Å². The Morgan fingerprint density at radius 2 is 1.95 bits per heavy atom. The third-order valence-electron chi connectivity index (χ3n) is 3.30. The zero-order valence-corrected chi connectivity index (χ0v) is 12.3. The van der Waals surface area contributed by atoms with Crippen LogP contribution in [0.5, 0.6) is 0 Å². The fourth-order valence-corrected chi connectivity index (χ4v) is 2.61. The largest absolute Gasteiger partial charge is 0.399 e. The van der Waals surface area contributed by atoms with Gasteiger partial charge in [-0.3, -0.25) is 4.79 Å². The van der Waals surface area contributed by atoms with Crippen LogP contribution in [0.4, 0.5) is 11.4 Å². The Labute approximate surface area is 126 Å². The van der Waals surface area contributed by atoms with Gasteiger partial charge in [-0.05, 0) is 48.7 Å². The summed E-state index contributed by atoms with van der Waals surface area (Å²) in [5, 5.41) is 3.77. The number of carbonyl (C=O) groups excluding carboxylic acids is 1. The number of benzene rings is 2. The first-order chi connectivity index (χ1) is 10.2. The van der Waals surface area contributed by atoms with E-state index in [-0.39, 0.29) is 5.91 Å². The quantitative estimate of drug-likeness (QED) is 0.509. The van der Waals surface area contributed by atoms with Crippen LogP contribution in [0.15, 0.2) is 53.6 Å². The van der Waals surface area contributed by atoms with Gasteiger partial charge in [-0.15, -0.1) is 11.8 Å². The Morgan fingerprint density at radius 1 is 1.19 bits per heavy atom. The van der Waals surface area contributed by atoms with Gasteiger partial charge in [0.25, 0.3) is 5.91 Å². The number of H-pyrrole nitrogens is 1. The van der Waals surface area contributed by atoms with Crippen molar-refractivity contribution >= 4 is 39.9 Å². The van der Waals surface area contributed by atoms with Crippen LogP contribution in [0.3, 0.4) is 0 Å². The van der Waals surface area contributed by atoms with Crippen molar-refractivity contribution < 1.29 is 4.79 Å². The van der Waals surface area contributed by atoms with Crippen LogP contribution in [0.2, 0.25) is 0 Å². The van der Waals surface area contributed by atoms with Crippen LogP contribution in [0.1, 0.15) is 10.4 Å². The molecular formula is C16H15N3OS. The first-order valence-corrected chi connectivity index (χ1v) is 7.72. The van der Waals surface area contributed by atoms with Gasteiger partial charge in [0.15, 0.2) is 0 Å². The van der Waals surface area contributed by atoms with E-state index in [1.54, 1.807) is 24.0 Å². The van der Waals surface area contributed by atoms with Crippen molar-refractivity contribution in [3.8, 4) is 0 Å². The maximum Gasteiger partial charge on any atom is 0.257 e. The van der Waals surface area contributed by atoms with Crippen molar-refractivity contribution in [2.45, 2.75) is 4.90 Å². The first-order valence-electron chi connectivity index (χ1n) is 6.49. The molecule has 0 fully saturated rings. The Hall–Kier alpha value is -2.40. The number of anilines is 2. The van der Waals surface area contributed by atoms with Crippen LogP contribution >= 0.6 is 11.8 Å². The molecule has 1 aromatic heterocycles. The molecule has 0 spiro atoms. The normalized spacial score (nSPS) is 10.7. The lowest BCUT2D eigenvalue weighted by molar-refractivity contribution is 0.102. The number of aromatic nitrogens is 1. The van der Waals surface area contributed by atoms with E-state index < -0.39 is 0 Å². The number of fused-ring (bicyclic) bond motifs is 1. The summed E-state index contributed by atoms with van der Waals surface area (Å²) in [5.74, 6) is -0.136. The van der Waals surface area contributed by atoms with Gasteiger partial charge in [-0.25, -0.2) is 0 Å². The smallest absolute Gasteiger partial charge is 0.257 e. The van der Waals surface area contributed by atoms with Crippen LogP contribution in [0.25, 0.3) is 10.9 Å². The maximum absolute atomic E-state index is 12.4. The monoisotopic (exact) mass is 297 g/mol. The van der Waals surface area contributed by atoms with Crippen LogP contribution in [-0.4, -0.2) is 17.1 Å². The van der Waals surface area contributed by atoms with Gasteiger partial charge in [0, 0.05) is 33.4 Å². The molecule has 0 aliphatic carbocycles. The highest BCUT2D eigenvalue weighted by Crippen LogP contribution is 2.22. The van der Waals surface area contributed by atoms with E-state index in [9.17, 15) is 4.79 Å². The second kappa shape index (κ2) is 5.54. The Bertz CT molecular complexity index is 793. The number of hydrogen-bond donors (Lipinski definition) is 3. The lowest BCUT2D eigenvalue weighted by Crippen LogP contribution is -2.11. The summed E-state index contributed by atoms with van der Waals surface area (Å²) in [6.07, 6.45) is 3.72. The number of aromatic amines is 1. The molecule has 5 heteroatoms. The molecule has 3 aromatic rings. The number of rotatable bonds is 3. The molecule has 3 rings (SSSR count). The molecule has 106 valence electrons. The molecule has 4 nitrogen and oxygen atoms in total. The summed E-state index contributed by atoms with van der Waals surface area (Å²) in [4.78, 5) is 16.6. The third kappa shape index (κ3) is 2.73. The molecule has 0 aliphatic heterocycles. The van der Waals surface area contributed by atoms with Crippen LogP contribution < -0.4 is 11.1 Å². The highest BCUT2D eigenvalue weighted by atomic mass is 32.2. The second-order valence-corrected chi connectivity index (χ2v) is 5.57. The molecule has 1 heterocycles. The Balaban J connectivity index is 1.86. The predicted molar refractivity (Wildman–Crippen MR) is 88.9 cm³/mol. The SMILES string of the molecule is CSc1ccc(NC(=O)c2c[nH]c3cc(N)ccc23)cc1. The minimum absolute atomic E-state index is 0.136. The average Bonchev–Trinajstić information content (AvgIpc) is 2.91. The Kier molecular flexibility index (Phi) is 3.58. The van der Waals surface area contributed by atoms with Crippen LogP contribution in [-0.2, 0) is 0 Å². The highest BCUT2D eigenvalue weighted by Gasteiger charge is 2.12. The molecule has 0 saturated heterocycles. The van der Waals surface area contributed by atoms with Gasteiger partial charge < -0.3 is 16.0 Å². The minimum atomic E-state index is -0.136. The van der Waals surface area contributed by atoms with Crippen molar-refractivity contribution in [2.24, 2.45) is 0 Å². The molecule has 0 saturated carbocycles. The first kappa shape index (κ1) is 13.6. The lowest BCUT2D eigenvalue weighted by atomic mass is 10.1. The third-order valence-corrected chi connectivity index (χ3v) is 4.04. The second-order valence-electron chi connectivity index (χ2n) is 4.69. The van der Waals surface area contributed by atoms with Gasteiger partial charge in [0.05, 0.1) is 5.56 Å². The van der Waals surface area contributed by atoms with Gasteiger partial charge in [0.1, 0.15) is 0 Å². The average molecular weight is 297 g/mol. The zero-order valence-electron chi connectivity index (χ0n) is 11.5. The van der Waals surface area contributed by atoms with Crippen LogP contribution in [0, 0.1) is 0 Å². The number of nitrogen functional groups attached to an aromatic ring is 1. The maximum atomic E-state index is 12.4. The van der Waals surface area contributed by atoms with E-state index in [1.165, 1.54) is 0 Å². The van der Waals surface area contributed by atoms with Gasteiger partial charge >= 0.3 is 0 Å². The molecule has 0 radical (unpaired) electrons. The summed E-state index contributed by atoms with van der Waals surface area (Å²) in [6, 6.07) is 13.2. The van der Waals surface area contributed by atoms with Crippen molar-refractivity contribution in [2.75, 3.05) is 17.3 Å². The van der Waals surface area contributed by atoms with Crippen molar-refractivity contribution in [1.29, 1.82) is 0 Å². The van der Waals surface area contributed by atoms with E-state index in [2.05, 4.69) is 10.3 Å². The molecule has 0 unspecified atom stereocenters. The fourth-order valence-electron chi connectivity index (χ4n) is 2.20. The number of thioether (sulfide) groups is 1. The molecule has 4 N–H and O–H groups in total. The molecule has 0 atom stereocenters. The number of amides is 1. The van der Waals surface area contributed by atoms with Crippen molar-refractivity contribution in [3.63, 3.8) is 0 Å². The minimum Gasteiger partial charge on any atom is -0.399 e. The van der Waals surface area contributed by atoms with Gasteiger partial charge in [-0.2, -0.15) is 0 Å². The number of nitrogens with one attached hydrogen (secondary N) is 2. The standard InChI is InChI=1S/C16H15N3OS/c1-21-12-5-3-11(4-6-12)19-16(20)14-9-18-15-8-10(17)2-7-13(14)15/h2-9,18H,17H2,1H3,(H,19,20). The summed E-state index contributed by atoms with van der Waals surface area (Å²) in [5.41, 5.74) is 8.66. The van der Waals surface area contributed by atoms with Crippen molar-refractivity contribution in [1.82, 2.24) is 4.98 Å². The van der Waals surface area contributed by atoms with E-state index in [0.717, 1.165) is 21.5 Å². The van der Waals surface area contributed by atoms with E-state index in [0.29, 0.717) is 11.3 Å². The van der Waals surface area contributed by atoms with Crippen molar-refractivity contribution in [3.05, 3.63) is 54.2 Å². The molecule has 0 aliphatic rings. The summed E-state index contributed by atoms with van der Waals surface area (Å²) < 4.78 is 0. The van der Waals surface area contributed by atoms with Gasteiger partial charge in [0.2, 0.25) is 0 Å². The topological polar surface area (TPSA) is 70.9 Å². The van der Waals surface area contributed by atoms with Gasteiger partial charge in [-0.1, -0.05) is 0 Å². The fraction of sp³-hybridized carbons (Fsp3) is 0.0625. The summed E-state index contributed by atoms with van der Waals surface area (Å²) in [7, 11) is 0. The number of nitrogens with two attached hydrogens (primary N) is 1. The number of hydrogen-bond acceptors (Lipinski definition) is 3. The molecule has 0 bridgehead atoms. The highest BCUT2D eigenvalue weighted by molar-refractivity contribution is 7.98. The summed E-state index contributed by atoms with van der Waals surface area (Å²) >= 11 is 1.67.